The number of piperidine rings is 1. The number of hydrogen-bond donors (Lipinski definition) is 0. The molecule has 1 spiro atoms. The first-order chi connectivity index (χ1) is 14.2. The number of carbonyl (C=O) groups is 1. The molecule has 0 aromatic heterocycles. The summed E-state index contributed by atoms with van der Waals surface area (Å²) in [5.74, 6) is -0.880. The van der Waals surface area contributed by atoms with Gasteiger partial charge in [-0.2, -0.15) is 13.2 Å². The summed E-state index contributed by atoms with van der Waals surface area (Å²) < 4.78 is 53.4. The molecule has 30 heavy (non-hydrogen) atoms. The van der Waals surface area contributed by atoms with Crippen molar-refractivity contribution in [3.05, 3.63) is 77.6 Å². The molecule has 4 rings (SSSR count). The lowest BCUT2D eigenvalue weighted by atomic mass is 9.74. The summed E-state index contributed by atoms with van der Waals surface area (Å²) in [6.07, 6.45) is -1.21. The van der Waals surface area contributed by atoms with Gasteiger partial charge in [-0.1, -0.05) is 12.1 Å². The molecule has 2 aromatic rings. The van der Waals surface area contributed by atoms with Crippen molar-refractivity contribution in [2.24, 2.45) is 0 Å². The van der Waals surface area contributed by atoms with Crippen molar-refractivity contribution in [2.45, 2.75) is 24.4 Å². The van der Waals surface area contributed by atoms with Crippen molar-refractivity contribution in [2.75, 3.05) is 31.1 Å². The maximum atomic E-state index is 14.1. The second-order valence-corrected chi connectivity index (χ2v) is 8.00. The van der Waals surface area contributed by atoms with E-state index in [4.69, 9.17) is 0 Å². The van der Waals surface area contributed by atoms with Crippen LogP contribution in [0.25, 0.3) is 0 Å². The highest BCUT2D eigenvalue weighted by molar-refractivity contribution is 6.07. The molecule has 0 saturated carbocycles. The molecular formula is C23H22F4N2O. The van der Waals surface area contributed by atoms with E-state index in [1.165, 1.54) is 29.2 Å². The molecule has 7 heteroatoms. The minimum Gasteiger partial charge on any atom is -0.307 e. The van der Waals surface area contributed by atoms with Crippen molar-refractivity contribution in [1.29, 1.82) is 0 Å². The third kappa shape index (κ3) is 3.62. The summed E-state index contributed by atoms with van der Waals surface area (Å²) in [6.45, 7) is 6.43. The van der Waals surface area contributed by atoms with Crippen LogP contribution in [0.2, 0.25) is 0 Å². The number of carbonyl (C=O) groups excluding carboxylic acids is 1. The Morgan fingerprint density at radius 2 is 1.87 bits per heavy atom. The number of benzene rings is 2. The Morgan fingerprint density at radius 1 is 1.13 bits per heavy atom. The Labute approximate surface area is 172 Å². The highest BCUT2D eigenvalue weighted by Gasteiger charge is 2.46. The molecule has 0 radical (unpaired) electrons. The van der Waals surface area contributed by atoms with Crippen molar-refractivity contribution in [1.82, 2.24) is 4.90 Å². The third-order valence-corrected chi connectivity index (χ3v) is 6.16. The monoisotopic (exact) mass is 418 g/mol. The van der Waals surface area contributed by atoms with Gasteiger partial charge < -0.3 is 4.90 Å². The third-order valence-electron chi connectivity index (χ3n) is 6.16. The van der Waals surface area contributed by atoms with E-state index in [0.29, 0.717) is 12.2 Å². The molecular weight excluding hydrogens is 396 g/mol. The number of rotatable bonds is 3. The van der Waals surface area contributed by atoms with Crippen molar-refractivity contribution in [3.8, 4) is 0 Å². The van der Waals surface area contributed by atoms with Gasteiger partial charge in [-0.25, -0.2) is 4.39 Å². The summed E-state index contributed by atoms with van der Waals surface area (Å²) in [7, 11) is 0. The number of amides is 1. The van der Waals surface area contributed by atoms with Crippen LogP contribution in [0, 0.1) is 5.82 Å². The number of hydrogen-bond acceptors (Lipinski definition) is 2. The topological polar surface area (TPSA) is 23.6 Å². The van der Waals surface area contributed by atoms with Crippen LogP contribution in [0.3, 0.4) is 0 Å². The molecule has 158 valence electrons. The number of alkyl halides is 3. The quantitative estimate of drug-likeness (QED) is 0.516. The fraction of sp³-hybridized carbons (Fsp3) is 0.348. The molecule has 1 saturated heterocycles. The molecule has 2 heterocycles. The lowest BCUT2D eigenvalue weighted by molar-refractivity contribution is -0.137. The molecule has 0 N–H and O–H groups in total. The van der Waals surface area contributed by atoms with Gasteiger partial charge in [-0.05, 0) is 67.9 Å². The van der Waals surface area contributed by atoms with E-state index in [0.717, 1.165) is 50.2 Å². The van der Waals surface area contributed by atoms with E-state index in [-0.39, 0.29) is 11.4 Å². The molecule has 0 atom stereocenters. The summed E-state index contributed by atoms with van der Waals surface area (Å²) in [6, 6.07) is 8.76. The Morgan fingerprint density at radius 3 is 2.53 bits per heavy atom. The smallest absolute Gasteiger partial charge is 0.307 e. The van der Waals surface area contributed by atoms with E-state index in [1.54, 1.807) is 6.07 Å². The highest BCUT2D eigenvalue weighted by atomic mass is 19.4. The van der Waals surface area contributed by atoms with E-state index in [2.05, 4.69) is 11.5 Å². The van der Waals surface area contributed by atoms with Crippen LogP contribution in [0.15, 0.2) is 55.1 Å². The van der Waals surface area contributed by atoms with E-state index >= 15 is 0 Å². The Bertz CT molecular complexity index is 977. The second-order valence-electron chi connectivity index (χ2n) is 8.00. The molecule has 3 nitrogen and oxygen atoms in total. The first-order valence-electron chi connectivity index (χ1n) is 9.86. The number of fused-ring (bicyclic) bond motifs is 2. The van der Waals surface area contributed by atoms with Crippen LogP contribution in [0.4, 0.5) is 23.2 Å². The predicted octanol–water partition coefficient (Wildman–Crippen LogP) is 5.02. The molecule has 2 aliphatic heterocycles. The molecule has 2 aliphatic rings. The number of halogens is 4. The van der Waals surface area contributed by atoms with Crippen LogP contribution in [0.1, 0.15) is 34.3 Å². The summed E-state index contributed by atoms with van der Waals surface area (Å²) in [4.78, 5) is 17.0. The number of likely N-dealkylation sites (tertiary alicyclic amines) is 1. The van der Waals surface area contributed by atoms with Gasteiger partial charge in [0.05, 0.1) is 5.56 Å². The molecule has 1 fully saturated rings. The first-order valence-corrected chi connectivity index (χ1v) is 9.86. The minimum absolute atomic E-state index is 0.0266. The highest BCUT2D eigenvalue weighted by Crippen LogP contribution is 2.47. The van der Waals surface area contributed by atoms with Crippen molar-refractivity contribution in [3.63, 3.8) is 0 Å². The standard InChI is InChI=1S/C23H22F4N2O/c1-2-10-28-11-8-22(9-12-28)15-29(20-7-6-18(24)14-19(20)22)21(30)16-4-3-5-17(13-16)23(25,26)27/h2-7,13-14H,1,8-12,15H2. The van der Waals surface area contributed by atoms with Crippen LogP contribution in [-0.2, 0) is 11.6 Å². The number of anilines is 1. The second kappa shape index (κ2) is 7.54. The summed E-state index contributed by atoms with van der Waals surface area (Å²) >= 11 is 0. The average Bonchev–Trinajstić information content (AvgIpc) is 3.02. The van der Waals surface area contributed by atoms with Gasteiger partial charge in [-0.15, -0.1) is 6.58 Å². The van der Waals surface area contributed by atoms with Crippen molar-refractivity contribution >= 4 is 11.6 Å². The van der Waals surface area contributed by atoms with Gasteiger partial charge in [0.15, 0.2) is 0 Å². The molecule has 0 aliphatic carbocycles. The van der Waals surface area contributed by atoms with E-state index in [9.17, 15) is 22.4 Å². The fourth-order valence-electron chi connectivity index (χ4n) is 4.58. The van der Waals surface area contributed by atoms with E-state index < -0.39 is 23.1 Å². The van der Waals surface area contributed by atoms with Crippen LogP contribution in [-0.4, -0.2) is 37.0 Å². The number of nitrogens with zero attached hydrogens (tertiary/aromatic N) is 2. The molecule has 1 amide bonds. The van der Waals surface area contributed by atoms with Gasteiger partial charge >= 0.3 is 6.18 Å². The van der Waals surface area contributed by atoms with Gasteiger partial charge in [-0.3, -0.25) is 9.69 Å². The van der Waals surface area contributed by atoms with Crippen LogP contribution >= 0.6 is 0 Å². The Balaban J connectivity index is 1.68. The average molecular weight is 418 g/mol. The van der Waals surface area contributed by atoms with Gasteiger partial charge in [0.25, 0.3) is 5.91 Å². The summed E-state index contributed by atoms with van der Waals surface area (Å²) in [5, 5.41) is 0. The lowest BCUT2D eigenvalue weighted by Crippen LogP contribution is -2.46. The van der Waals surface area contributed by atoms with Crippen LogP contribution < -0.4 is 4.90 Å². The zero-order chi connectivity index (χ0) is 21.5. The lowest BCUT2D eigenvalue weighted by Gasteiger charge is -2.39. The maximum Gasteiger partial charge on any atom is 0.416 e. The molecule has 0 bridgehead atoms. The van der Waals surface area contributed by atoms with Crippen molar-refractivity contribution < 1.29 is 22.4 Å². The Hall–Kier alpha value is -2.67. The normalized spacial score (nSPS) is 18.5. The van der Waals surface area contributed by atoms with Crippen LogP contribution in [0.5, 0.6) is 0 Å². The maximum absolute atomic E-state index is 14.1. The summed E-state index contributed by atoms with van der Waals surface area (Å²) in [5.41, 5.74) is 0.0597. The SMILES string of the molecule is C=CCN1CCC2(CC1)CN(C(=O)c1cccc(C(F)(F)F)c1)c1ccc(F)cc12. The zero-order valence-corrected chi connectivity index (χ0v) is 16.4. The largest absolute Gasteiger partial charge is 0.416 e. The predicted molar refractivity (Wildman–Crippen MR) is 107 cm³/mol. The minimum atomic E-state index is -4.53. The Kier molecular flexibility index (Phi) is 5.18. The van der Waals surface area contributed by atoms with Gasteiger partial charge in [0.2, 0.25) is 0 Å². The van der Waals surface area contributed by atoms with Gasteiger partial charge in [0, 0.05) is 29.8 Å². The fourth-order valence-corrected chi connectivity index (χ4v) is 4.58. The zero-order valence-electron chi connectivity index (χ0n) is 16.4. The molecule has 2 aromatic carbocycles. The first kappa shape index (κ1) is 20.6. The van der Waals surface area contributed by atoms with Gasteiger partial charge in [0.1, 0.15) is 5.82 Å². The van der Waals surface area contributed by atoms with E-state index in [1.807, 2.05) is 6.08 Å². The molecule has 0 unspecified atom stereocenters.